The zero-order chi connectivity index (χ0) is 12.0. The highest BCUT2D eigenvalue weighted by atomic mass is 16.4. The maximum atomic E-state index is 11.5. The van der Waals surface area contributed by atoms with Crippen LogP contribution in [0.3, 0.4) is 0 Å². The standard InChI is InChI=1S/C15H22O2/c1-2-3-13(14(16)17)15-7-10-4-11(8-15)6-12(5-10)9-15/h3,10-12H,2,4-9H2,1H3,(H,16,17). The highest BCUT2D eigenvalue weighted by molar-refractivity contribution is 5.88. The molecule has 0 amide bonds. The summed E-state index contributed by atoms with van der Waals surface area (Å²) in [6, 6.07) is 0. The average molecular weight is 234 g/mol. The van der Waals surface area contributed by atoms with Crippen LogP contribution < -0.4 is 0 Å². The Bertz CT molecular complexity index is 332. The van der Waals surface area contributed by atoms with Gasteiger partial charge in [0.05, 0.1) is 0 Å². The molecule has 0 spiro atoms. The summed E-state index contributed by atoms with van der Waals surface area (Å²) in [4.78, 5) is 11.5. The minimum atomic E-state index is -0.659. The Kier molecular flexibility index (Phi) is 2.57. The highest BCUT2D eigenvalue weighted by Crippen LogP contribution is 2.62. The van der Waals surface area contributed by atoms with Gasteiger partial charge in [-0.1, -0.05) is 13.0 Å². The number of carboxylic acids is 1. The molecule has 94 valence electrons. The molecule has 4 fully saturated rings. The molecule has 4 aliphatic rings. The Morgan fingerprint density at radius 3 is 2.00 bits per heavy atom. The van der Waals surface area contributed by atoms with Crippen LogP contribution in [0, 0.1) is 23.2 Å². The summed E-state index contributed by atoms with van der Waals surface area (Å²) in [5, 5.41) is 9.50. The fourth-order valence-electron chi connectivity index (χ4n) is 5.18. The topological polar surface area (TPSA) is 37.3 Å². The van der Waals surface area contributed by atoms with Gasteiger partial charge in [0, 0.05) is 11.0 Å². The van der Waals surface area contributed by atoms with E-state index in [1.54, 1.807) is 0 Å². The zero-order valence-corrected chi connectivity index (χ0v) is 10.6. The molecule has 4 saturated carbocycles. The molecule has 0 aliphatic heterocycles. The van der Waals surface area contributed by atoms with Crippen LogP contribution in [-0.4, -0.2) is 11.1 Å². The molecule has 1 N–H and O–H groups in total. The van der Waals surface area contributed by atoms with E-state index in [1.165, 1.54) is 19.3 Å². The van der Waals surface area contributed by atoms with Gasteiger partial charge in [-0.25, -0.2) is 4.79 Å². The fourth-order valence-corrected chi connectivity index (χ4v) is 5.18. The molecule has 0 atom stereocenters. The number of rotatable bonds is 3. The number of allylic oxidation sites excluding steroid dienone is 1. The first-order valence-corrected chi connectivity index (χ1v) is 7.07. The summed E-state index contributed by atoms with van der Waals surface area (Å²) >= 11 is 0. The first-order chi connectivity index (χ1) is 8.13. The van der Waals surface area contributed by atoms with Crippen LogP contribution in [0.4, 0.5) is 0 Å². The van der Waals surface area contributed by atoms with Gasteiger partial charge < -0.3 is 5.11 Å². The van der Waals surface area contributed by atoms with Crippen molar-refractivity contribution in [2.75, 3.05) is 0 Å². The van der Waals surface area contributed by atoms with Gasteiger partial charge in [0.15, 0.2) is 0 Å². The van der Waals surface area contributed by atoms with Gasteiger partial charge in [0.25, 0.3) is 0 Å². The van der Waals surface area contributed by atoms with Gasteiger partial charge in [-0.15, -0.1) is 0 Å². The average Bonchev–Trinajstić information content (AvgIpc) is 2.23. The lowest BCUT2D eigenvalue weighted by atomic mass is 9.47. The van der Waals surface area contributed by atoms with Crippen molar-refractivity contribution in [1.82, 2.24) is 0 Å². The van der Waals surface area contributed by atoms with Gasteiger partial charge in [0.1, 0.15) is 0 Å². The first-order valence-electron chi connectivity index (χ1n) is 7.07. The lowest BCUT2D eigenvalue weighted by Gasteiger charge is -2.57. The van der Waals surface area contributed by atoms with Crippen molar-refractivity contribution in [2.24, 2.45) is 23.2 Å². The van der Waals surface area contributed by atoms with Crippen molar-refractivity contribution in [3.8, 4) is 0 Å². The van der Waals surface area contributed by atoms with Crippen LogP contribution in [0.15, 0.2) is 11.6 Å². The van der Waals surface area contributed by atoms with E-state index in [0.717, 1.165) is 49.0 Å². The van der Waals surface area contributed by atoms with Crippen molar-refractivity contribution < 1.29 is 9.90 Å². The van der Waals surface area contributed by atoms with Crippen molar-refractivity contribution >= 4 is 5.97 Å². The monoisotopic (exact) mass is 234 g/mol. The van der Waals surface area contributed by atoms with E-state index in [4.69, 9.17) is 0 Å². The Labute approximate surface area is 103 Å². The van der Waals surface area contributed by atoms with Gasteiger partial charge in [0.2, 0.25) is 0 Å². The van der Waals surface area contributed by atoms with E-state index in [1.807, 2.05) is 13.0 Å². The van der Waals surface area contributed by atoms with Crippen LogP contribution >= 0.6 is 0 Å². The number of hydrogen-bond donors (Lipinski definition) is 1. The molecule has 0 heterocycles. The Hall–Kier alpha value is -0.790. The molecular weight excluding hydrogens is 212 g/mol. The molecule has 2 nitrogen and oxygen atoms in total. The first kappa shape index (κ1) is 11.3. The van der Waals surface area contributed by atoms with E-state index in [9.17, 15) is 9.90 Å². The molecule has 17 heavy (non-hydrogen) atoms. The van der Waals surface area contributed by atoms with Crippen LogP contribution in [0.25, 0.3) is 0 Å². The molecule has 0 aromatic heterocycles. The molecule has 0 aromatic carbocycles. The molecule has 0 unspecified atom stereocenters. The molecule has 0 radical (unpaired) electrons. The van der Waals surface area contributed by atoms with Gasteiger partial charge in [-0.05, 0) is 62.7 Å². The molecule has 0 aromatic rings. The third-order valence-corrected chi connectivity index (χ3v) is 5.25. The third kappa shape index (κ3) is 1.73. The van der Waals surface area contributed by atoms with Crippen LogP contribution in [0.1, 0.15) is 51.9 Å². The smallest absolute Gasteiger partial charge is 0.331 e. The quantitative estimate of drug-likeness (QED) is 0.757. The molecule has 4 rings (SSSR count). The maximum absolute atomic E-state index is 11.5. The van der Waals surface area contributed by atoms with Crippen molar-refractivity contribution in [2.45, 2.75) is 51.9 Å². The summed E-state index contributed by atoms with van der Waals surface area (Å²) in [5.74, 6) is 1.80. The fraction of sp³-hybridized carbons (Fsp3) is 0.800. The number of aliphatic carboxylic acids is 1. The Morgan fingerprint density at radius 2 is 1.65 bits per heavy atom. The van der Waals surface area contributed by atoms with Gasteiger partial charge >= 0.3 is 5.97 Å². The minimum Gasteiger partial charge on any atom is -0.478 e. The van der Waals surface area contributed by atoms with Crippen LogP contribution in [0.2, 0.25) is 0 Å². The zero-order valence-electron chi connectivity index (χ0n) is 10.6. The van der Waals surface area contributed by atoms with Crippen molar-refractivity contribution in [1.29, 1.82) is 0 Å². The number of carbonyl (C=O) groups is 1. The second-order valence-corrected chi connectivity index (χ2v) is 6.53. The molecule has 2 heteroatoms. The molecule has 4 aliphatic carbocycles. The SMILES string of the molecule is CCC=C(C(=O)O)C12CC3CC(CC(C3)C1)C2. The van der Waals surface area contributed by atoms with Gasteiger partial charge in [-0.2, -0.15) is 0 Å². The van der Waals surface area contributed by atoms with E-state index >= 15 is 0 Å². The third-order valence-electron chi connectivity index (χ3n) is 5.25. The Morgan fingerprint density at radius 1 is 1.18 bits per heavy atom. The largest absolute Gasteiger partial charge is 0.478 e. The predicted octanol–water partition coefficient (Wildman–Crippen LogP) is 3.62. The predicted molar refractivity (Wildman–Crippen MR) is 66.6 cm³/mol. The van der Waals surface area contributed by atoms with E-state index in [2.05, 4.69) is 0 Å². The lowest BCUT2D eigenvalue weighted by molar-refractivity contribution is -0.136. The van der Waals surface area contributed by atoms with Crippen LogP contribution in [0.5, 0.6) is 0 Å². The van der Waals surface area contributed by atoms with Gasteiger partial charge in [-0.3, -0.25) is 0 Å². The summed E-state index contributed by atoms with van der Waals surface area (Å²) in [6.07, 6.45) is 10.4. The molecule has 0 saturated heterocycles. The van der Waals surface area contributed by atoms with Crippen molar-refractivity contribution in [3.63, 3.8) is 0 Å². The molecule has 4 bridgehead atoms. The van der Waals surface area contributed by atoms with E-state index < -0.39 is 5.97 Å². The summed E-state index contributed by atoms with van der Waals surface area (Å²) in [6.45, 7) is 2.05. The van der Waals surface area contributed by atoms with E-state index in [0.29, 0.717) is 0 Å². The normalized spacial score (nSPS) is 44.1. The Balaban J connectivity index is 1.95. The van der Waals surface area contributed by atoms with Crippen LogP contribution in [-0.2, 0) is 4.79 Å². The second-order valence-electron chi connectivity index (χ2n) is 6.53. The molecular formula is C15H22O2. The summed E-state index contributed by atoms with van der Waals surface area (Å²) in [7, 11) is 0. The summed E-state index contributed by atoms with van der Waals surface area (Å²) < 4.78 is 0. The van der Waals surface area contributed by atoms with Crippen molar-refractivity contribution in [3.05, 3.63) is 11.6 Å². The number of carboxylic acid groups (broad SMARTS) is 1. The number of hydrogen-bond acceptors (Lipinski definition) is 1. The van der Waals surface area contributed by atoms with E-state index in [-0.39, 0.29) is 5.41 Å². The lowest BCUT2D eigenvalue weighted by Crippen LogP contribution is -2.48. The minimum absolute atomic E-state index is 0.0522. The maximum Gasteiger partial charge on any atom is 0.331 e. The second kappa shape index (κ2) is 3.86. The highest BCUT2D eigenvalue weighted by Gasteiger charge is 2.53. The summed E-state index contributed by atoms with van der Waals surface area (Å²) in [5.41, 5.74) is 0.801.